The number of hydrogen-bond donors (Lipinski definition) is 0. The van der Waals surface area contributed by atoms with Gasteiger partial charge in [0.25, 0.3) is 0 Å². The van der Waals surface area contributed by atoms with Crippen LogP contribution >= 0.6 is 8.38 Å². The molecule has 0 aliphatic carbocycles. The lowest BCUT2D eigenvalue weighted by Gasteiger charge is -2.17. The molecular formula is C16H23O4P. The third kappa shape index (κ3) is 8.76. The van der Waals surface area contributed by atoms with Crippen LogP contribution in [0.2, 0.25) is 0 Å². The monoisotopic (exact) mass is 310 g/mol. The van der Waals surface area contributed by atoms with E-state index < -0.39 is 8.38 Å². The van der Waals surface area contributed by atoms with Gasteiger partial charge in [0, 0.05) is 5.30 Å². The summed E-state index contributed by atoms with van der Waals surface area (Å²) in [5.74, 6) is 0. The molecule has 116 valence electrons. The van der Waals surface area contributed by atoms with E-state index in [-0.39, 0.29) is 0 Å². The predicted molar refractivity (Wildman–Crippen MR) is 86.9 cm³/mol. The molecule has 0 aromatic heterocycles. The summed E-state index contributed by atoms with van der Waals surface area (Å²) in [5.41, 5.74) is 0. The van der Waals surface area contributed by atoms with E-state index >= 15 is 0 Å². The summed E-state index contributed by atoms with van der Waals surface area (Å²) in [6, 6.07) is 9.92. The molecule has 0 fully saturated rings. The fraction of sp³-hybridized carbons (Fsp3) is 0.375. The second-order valence-electron chi connectivity index (χ2n) is 3.99. The Bertz CT molecular complexity index is 365. The standard InChI is InChI=1S/C16H23O4P/c1-3-10-17-12-14-19-21(16-8-6-5-7-9-16)20-15-13-18-11-4-2/h3-9H,1-2,10-15H2. The molecule has 0 bridgehead atoms. The molecule has 0 spiro atoms. The summed E-state index contributed by atoms with van der Waals surface area (Å²) in [6.45, 7) is 10.3. The van der Waals surface area contributed by atoms with Crippen LogP contribution in [0.4, 0.5) is 0 Å². The molecule has 0 aliphatic heterocycles. The van der Waals surface area contributed by atoms with Gasteiger partial charge in [-0.25, -0.2) is 0 Å². The van der Waals surface area contributed by atoms with Gasteiger partial charge in [-0.05, 0) is 12.1 Å². The van der Waals surface area contributed by atoms with E-state index in [1.165, 1.54) is 0 Å². The van der Waals surface area contributed by atoms with Crippen LogP contribution in [0.25, 0.3) is 0 Å². The molecule has 0 unspecified atom stereocenters. The van der Waals surface area contributed by atoms with Crippen molar-refractivity contribution in [1.29, 1.82) is 0 Å². The molecule has 5 heteroatoms. The molecule has 1 aromatic rings. The van der Waals surface area contributed by atoms with E-state index in [9.17, 15) is 0 Å². The van der Waals surface area contributed by atoms with Gasteiger partial charge in [-0.15, -0.1) is 13.2 Å². The highest BCUT2D eigenvalue weighted by atomic mass is 31.2. The minimum absolute atomic E-state index is 0.488. The summed E-state index contributed by atoms with van der Waals surface area (Å²) < 4.78 is 22.2. The topological polar surface area (TPSA) is 36.9 Å². The SMILES string of the molecule is C=CCOCCOP(OCCOCC=C)c1ccccc1. The first-order chi connectivity index (χ1) is 10.4. The first-order valence-corrected chi connectivity index (χ1v) is 8.04. The van der Waals surface area contributed by atoms with Crippen molar-refractivity contribution in [3.63, 3.8) is 0 Å². The van der Waals surface area contributed by atoms with Crippen LogP contribution in [0, 0.1) is 0 Å². The average molecular weight is 310 g/mol. The molecule has 0 heterocycles. The van der Waals surface area contributed by atoms with Crippen LogP contribution in [0.5, 0.6) is 0 Å². The lowest BCUT2D eigenvalue weighted by molar-refractivity contribution is 0.103. The van der Waals surface area contributed by atoms with Crippen LogP contribution in [-0.4, -0.2) is 39.6 Å². The summed E-state index contributed by atoms with van der Waals surface area (Å²) in [6.07, 6.45) is 3.43. The average Bonchev–Trinajstić information content (AvgIpc) is 2.53. The van der Waals surface area contributed by atoms with Gasteiger partial charge in [0.15, 0.2) is 0 Å². The lowest BCUT2D eigenvalue weighted by Crippen LogP contribution is -2.11. The van der Waals surface area contributed by atoms with E-state index in [1.54, 1.807) is 12.2 Å². The van der Waals surface area contributed by atoms with Gasteiger partial charge in [0.1, 0.15) is 0 Å². The Morgan fingerprint density at radius 1 is 0.810 bits per heavy atom. The van der Waals surface area contributed by atoms with Crippen molar-refractivity contribution in [3.05, 3.63) is 55.6 Å². The third-order valence-corrected chi connectivity index (χ3v) is 3.86. The molecule has 1 rings (SSSR count). The summed E-state index contributed by atoms with van der Waals surface area (Å²) >= 11 is 0. The lowest BCUT2D eigenvalue weighted by atomic mass is 10.4. The molecule has 21 heavy (non-hydrogen) atoms. The molecule has 0 radical (unpaired) electrons. The van der Waals surface area contributed by atoms with Gasteiger partial charge in [-0.1, -0.05) is 30.4 Å². The first kappa shape index (κ1) is 18.0. The quantitative estimate of drug-likeness (QED) is 0.319. The maximum absolute atomic E-state index is 5.79. The molecule has 1 aromatic carbocycles. The Kier molecular flexibility index (Phi) is 10.9. The Morgan fingerprint density at radius 3 is 1.81 bits per heavy atom. The van der Waals surface area contributed by atoms with E-state index in [0.717, 1.165) is 5.30 Å². The summed E-state index contributed by atoms with van der Waals surface area (Å²) in [4.78, 5) is 0. The molecule has 0 N–H and O–H groups in total. The van der Waals surface area contributed by atoms with Gasteiger partial charge in [0.05, 0.1) is 39.6 Å². The van der Waals surface area contributed by atoms with Gasteiger partial charge >= 0.3 is 0 Å². The van der Waals surface area contributed by atoms with Crippen molar-refractivity contribution >= 4 is 13.7 Å². The molecule has 0 saturated carbocycles. The largest absolute Gasteiger partial charge is 0.375 e. The summed E-state index contributed by atoms with van der Waals surface area (Å²) in [5, 5.41) is 1.04. The molecule has 0 aliphatic rings. The van der Waals surface area contributed by atoms with Crippen LogP contribution in [-0.2, 0) is 18.5 Å². The smallest absolute Gasteiger partial charge is 0.205 e. The minimum atomic E-state index is -1.11. The van der Waals surface area contributed by atoms with E-state index in [4.69, 9.17) is 18.5 Å². The number of benzene rings is 1. The number of hydrogen-bond acceptors (Lipinski definition) is 4. The van der Waals surface area contributed by atoms with Crippen molar-refractivity contribution in [2.75, 3.05) is 39.6 Å². The van der Waals surface area contributed by atoms with E-state index in [2.05, 4.69) is 13.2 Å². The molecule has 0 amide bonds. The molecular weight excluding hydrogens is 287 g/mol. The Hall–Kier alpha value is -1.03. The normalized spacial score (nSPS) is 10.7. The van der Waals surface area contributed by atoms with Gasteiger partial charge in [0.2, 0.25) is 8.38 Å². The van der Waals surface area contributed by atoms with Crippen LogP contribution in [0.15, 0.2) is 55.6 Å². The highest BCUT2D eigenvalue weighted by molar-refractivity contribution is 7.56. The third-order valence-electron chi connectivity index (χ3n) is 2.31. The Morgan fingerprint density at radius 2 is 1.33 bits per heavy atom. The zero-order valence-corrected chi connectivity index (χ0v) is 13.2. The fourth-order valence-electron chi connectivity index (χ4n) is 1.43. The second-order valence-corrected chi connectivity index (χ2v) is 5.53. The van der Waals surface area contributed by atoms with Gasteiger partial charge < -0.3 is 18.5 Å². The Balaban J connectivity index is 2.35. The fourth-order valence-corrected chi connectivity index (χ4v) is 2.70. The number of rotatable bonds is 13. The van der Waals surface area contributed by atoms with Gasteiger partial charge in [-0.2, -0.15) is 0 Å². The zero-order valence-electron chi connectivity index (χ0n) is 12.3. The maximum atomic E-state index is 5.79. The van der Waals surface area contributed by atoms with Crippen molar-refractivity contribution in [2.45, 2.75) is 0 Å². The first-order valence-electron chi connectivity index (χ1n) is 6.86. The van der Waals surface area contributed by atoms with Crippen molar-refractivity contribution in [2.24, 2.45) is 0 Å². The number of ether oxygens (including phenoxy) is 2. The minimum Gasteiger partial charge on any atom is -0.375 e. The Labute approximate surface area is 128 Å². The van der Waals surface area contributed by atoms with E-state index in [0.29, 0.717) is 39.6 Å². The maximum Gasteiger partial charge on any atom is 0.205 e. The highest BCUT2D eigenvalue weighted by Gasteiger charge is 2.13. The second kappa shape index (κ2) is 12.7. The summed E-state index contributed by atoms with van der Waals surface area (Å²) in [7, 11) is -1.11. The van der Waals surface area contributed by atoms with Crippen molar-refractivity contribution in [1.82, 2.24) is 0 Å². The predicted octanol–water partition coefficient (Wildman–Crippen LogP) is 3.06. The van der Waals surface area contributed by atoms with Crippen molar-refractivity contribution in [3.8, 4) is 0 Å². The van der Waals surface area contributed by atoms with Crippen LogP contribution in [0.1, 0.15) is 0 Å². The van der Waals surface area contributed by atoms with Crippen LogP contribution in [0.3, 0.4) is 0 Å². The zero-order chi connectivity index (χ0) is 15.2. The molecule has 0 saturated heterocycles. The van der Waals surface area contributed by atoms with Crippen LogP contribution < -0.4 is 5.30 Å². The highest BCUT2D eigenvalue weighted by Crippen LogP contribution is 2.36. The van der Waals surface area contributed by atoms with E-state index in [1.807, 2.05) is 30.3 Å². The van der Waals surface area contributed by atoms with Crippen molar-refractivity contribution < 1.29 is 18.5 Å². The molecule has 0 atom stereocenters. The molecule has 4 nitrogen and oxygen atoms in total. The van der Waals surface area contributed by atoms with Gasteiger partial charge in [-0.3, -0.25) is 0 Å².